The molecule has 0 aliphatic rings. The van der Waals surface area contributed by atoms with E-state index in [4.69, 9.17) is 5.73 Å². The van der Waals surface area contributed by atoms with Crippen LogP contribution in [0.2, 0.25) is 0 Å². The van der Waals surface area contributed by atoms with Gasteiger partial charge in [-0.3, -0.25) is 4.98 Å². The second kappa shape index (κ2) is 3.15. The Bertz CT molecular complexity index is 435. The Kier molecular flexibility index (Phi) is 1.99. The molecule has 2 heteroatoms. The highest BCUT2D eigenvalue weighted by molar-refractivity contribution is 5.83. The maximum Gasteiger partial charge on any atom is 0.0346 e. The molecule has 0 radical (unpaired) electrons. The van der Waals surface area contributed by atoms with Gasteiger partial charge in [-0.1, -0.05) is 6.07 Å². The third-order valence-corrected chi connectivity index (χ3v) is 2.32. The third-order valence-electron chi connectivity index (χ3n) is 2.32. The molecule has 0 aliphatic heterocycles. The van der Waals surface area contributed by atoms with Crippen LogP contribution in [-0.2, 0) is 6.54 Å². The van der Waals surface area contributed by atoms with Crippen molar-refractivity contribution in [3.05, 3.63) is 41.7 Å². The largest absolute Gasteiger partial charge is 0.326 e. The summed E-state index contributed by atoms with van der Waals surface area (Å²) < 4.78 is 0. The number of fused-ring (bicyclic) bond motifs is 1. The molecule has 2 rings (SSSR count). The summed E-state index contributed by atoms with van der Waals surface area (Å²) in [5.41, 5.74) is 8.07. The van der Waals surface area contributed by atoms with E-state index in [1.807, 2.05) is 18.5 Å². The number of pyridine rings is 1. The van der Waals surface area contributed by atoms with Crippen molar-refractivity contribution in [2.75, 3.05) is 0 Å². The van der Waals surface area contributed by atoms with Gasteiger partial charge in [0.1, 0.15) is 0 Å². The average Bonchev–Trinajstić information content (AvgIpc) is 2.17. The second-order valence-electron chi connectivity index (χ2n) is 3.21. The van der Waals surface area contributed by atoms with Crippen molar-refractivity contribution in [2.45, 2.75) is 13.5 Å². The van der Waals surface area contributed by atoms with Gasteiger partial charge in [-0.2, -0.15) is 0 Å². The van der Waals surface area contributed by atoms with E-state index in [0.29, 0.717) is 6.54 Å². The number of benzene rings is 1. The lowest BCUT2D eigenvalue weighted by Crippen LogP contribution is -1.98. The highest BCUT2D eigenvalue weighted by atomic mass is 14.6. The molecule has 0 fully saturated rings. The molecule has 0 amide bonds. The Labute approximate surface area is 77.4 Å². The summed E-state index contributed by atoms with van der Waals surface area (Å²) in [6, 6.07) is 6.28. The Balaban J connectivity index is 2.74. The van der Waals surface area contributed by atoms with Crippen LogP contribution < -0.4 is 5.73 Å². The molecule has 1 aromatic heterocycles. The summed E-state index contributed by atoms with van der Waals surface area (Å²) >= 11 is 0. The molecule has 0 aliphatic carbocycles. The van der Waals surface area contributed by atoms with E-state index in [-0.39, 0.29) is 0 Å². The Morgan fingerprint density at radius 2 is 2.15 bits per heavy atom. The van der Waals surface area contributed by atoms with E-state index in [0.717, 1.165) is 5.39 Å². The van der Waals surface area contributed by atoms with Crippen LogP contribution in [0.3, 0.4) is 0 Å². The van der Waals surface area contributed by atoms with Crippen LogP contribution in [0.1, 0.15) is 11.1 Å². The summed E-state index contributed by atoms with van der Waals surface area (Å²) in [6.07, 6.45) is 3.68. The van der Waals surface area contributed by atoms with E-state index in [2.05, 4.69) is 24.0 Å². The monoisotopic (exact) mass is 172 g/mol. The van der Waals surface area contributed by atoms with Crippen molar-refractivity contribution >= 4 is 10.8 Å². The molecule has 2 aromatic rings. The summed E-state index contributed by atoms with van der Waals surface area (Å²) in [7, 11) is 0. The quantitative estimate of drug-likeness (QED) is 0.714. The fourth-order valence-electron chi connectivity index (χ4n) is 1.52. The molecule has 0 spiro atoms. The Hall–Kier alpha value is -1.41. The third kappa shape index (κ3) is 1.40. The lowest BCUT2D eigenvalue weighted by molar-refractivity contribution is 1.05. The van der Waals surface area contributed by atoms with Gasteiger partial charge in [0, 0.05) is 24.3 Å². The molecule has 13 heavy (non-hydrogen) atoms. The van der Waals surface area contributed by atoms with Gasteiger partial charge < -0.3 is 5.73 Å². The minimum absolute atomic E-state index is 0.594. The highest BCUT2D eigenvalue weighted by Gasteiger charge is 1.98. The van der Waals surface area contributed by atoms with Gasteiger partial charge >= 0.3 is 0 Å². The lowest BCUT2D eigenvalue weighted by atomic mass is 10.0. The number of nitrogens with two attached hydrogens (primary N) is 1. The van der Waals surface area contributed by atoms with Crippen molar-refractivity contribution in [3.8, 4) is 0 Å². The molecule has 1 aromatic carbocycles. The van der Waals surface area contributed by atoms with Gasteiger partial charge in [0.15, 0.2) is 0 Å². The van der Waals surface area contributed by atoms with Crippen molar-refractivity contribution in [1.29, 1.82) is 0 Å². The van der Waals surface area contributed by atoms with Crippen molar-refractivity contribution in [2.24, 2.45) is 5.73 Å². The first-order valence-corrected chi connectivity index (χ1v) is 4.34. The molecule has 0 bridgehead atoms. The summed E-state index contributed by atoms with van der Waals surface area (Å²) in [5.74, 6) is 0. The fraction of sp³-hybridized carbons (Fsp3) is 0.182. The second-order valence-corrected chi connectivity index (χ2v) is 3.21. The van der Waals surface area contributed by atoms with Crippen LogP contribution in [0.5, 0.6) is 0 Å². The molecule has 0 unspecified atom stereocenters. The van der Waals surface area contributed by atoms with Crippen molar-refractivity contribution in [1.82, 2.24) is 4.98 Å². The van der Waals surface area contributed by atoms with Crippen molar-refractivity contribution < 1.29 is 0 Å². The van der Waals surface area contributed by atoms with Crippen LogP contribution in [0.4, 0.5) is 0 Å². The van der Waals surface area contributed by atoms with Crippen LogP contribution in [0, 0.1) is 6.92 Å². The van der Waals surface area contributed by atoms with Gasteiger partial charge in [-0.15, -0.1) is 0 Å². The Morgan fingerprint density at radius 1 is 1.31 bits per heavy atom. The Morgan fingerprint density at radius 3 is 2.92 bits per heavy atom. The summed E-state index contributed by atoms with van der Waals surface area (Å²) in [4.78, 5) is 4.08. The lowest BCUT2D eigenvalue weighted by Gasteiger charge is -2.04. The normalized spacial score (nSPS) is 10.6. The number of aryl methyl sites for hydroxylation is 1. The van der Waals surface area contributed by atoms with Crippen LogP contribution >= 0.6 is 0 Å². The first kappa shape index (κ1) is 8.20. The maximum absolute atomic E-state index is 5.62. The topological polar surface area (TPSA) is 38.9 Å². The van der Waals surface area contributed by atoms with Gasteiger partial charge in [-0.25, -0.2) is 0 Å². The maximum atomic E-state index is 5.62. The molecule has 0 saturated carbocycles. The van der Waals surface area contributed by atoms with Crippen LogP contribution in [0.15, 0.2) is 30.6 Å². The average molecular weight is 172 g/mol. The summed E-state index contributed by atoms with van der Waals surface area (Å²) in [5, 5.41) is 2.39. The van der Waals surface area contributed by atoms with Crippen LogP contribution in [0.25, 0.3) is 10.8 Å². The van der Waals surface area contributed by atoms with E-state index in [1.54, 1.807) is 0 Å². The molecular formula is C11H12N2. The zero-order valence-electron chi connectivity index (χ0n) is 7.62. The first-order valence-electron chi connectivity index (χ1n) is 4.34. The molecule has 0 atom stereocenters. The molecule has 2 N–H and O–H groups in total. The van der Waals surface area contributed by atoms with E-state index < -0.39 is 0 Å². The number of aromatic nitrogens is 1. The number of hydrogen-bond acceptors (Lipinski definition) is 2. The highest BCUT2D eigenvalue weighted by Crippen LogP contribution is 2.17. The number of hydrogen-bond donors (Lipinski definition) is 1. The van der Waals surface area contributed by atoms with E-state index in [1.165, 1.54) is 16.5 Å². The van der Waals surface area contributed by atoms with E-state index in [9.17, 15) is 0 Å². The SMILES string of the molecule is Cc1cc2ccncc2cc1CN. The molecule has 0 saturated heterocycles. The van der Waals surface area contributed by atoms with E-state index >= 15 is 0 Å². The molecule has 66 valence electrons. The zero-order valence-corrected chi connectivity index (χ0v) is 7.62. The molecule has 1 heterocycles. The van der Waals surface area contributed by atoms with Gasteiger partial charge in [0.2, 0.25) is 0 Å². The van der Waals surface area contributed by atoms with Gasteiger partial charge in [-0.05, 0) is 35.6 Å². The standard InChI is InChI=1S/C11H12N2/c1-8-4-9-2-3-13-7-11(9)5-10(8)6-12/h2-5,7H,6,12H2,1H3. The summed E-state index contributed by atoms with van der Waals surface area (Å²) in [6.45, 7) is 2.68. The molecule has 2 nitrogen and oxygen atoms in total. The minimum atomic E-state index is 0.594. The molecular weight excluding hydrogens is 160 g/mol. The van der Waals surface area contributed by atoms with Crippen LogP contribution in [-0.4, -0.2) is 4.98 Å². The fourth-order valence-corrected chi connectivity index (χ4v) is 1.52. The number of nitrogens with zero attached hydrogens (tertiary/aromatic N) is 1. The predicted octanol–water partition coefficient (Wildman–Crippen LogP) is 2.00. The minimum Gasteiger partial charge on any atom is -0.326 e. The van der Waals surface area contributed by atoms with Gasteiger partial charge in [0.25, 0.3) is 0 Å². The smallest absolute Gasteiger partial charge is 0.0346 e. The number of rotatable bonds is 1. The first-order chi connectivity index (χ1) is 6.31. The zero-order chi connectivity index (χ0) is 9.26. The predicted molar refractivity (Wildman–Crippen MR) is 54.4 cm³/mol. The van der Waals surface area contributed by atoms with Crippen molar-refractivity contribution in [3.63, 3.8) is 0 Å². The van der Waals surface area contributed by atoms with Gasteiger partial charge in [0.05, 0.1) is 0 Å².